The number of nitrogens with zero attached hydrogens (tertiary/aromatic N) is 2. The maximum Gasteiger partial charge on any atom is 0.328 e. The highest BCUT2D eigenvalue weighted by Crippen LogP contribution is 2.41. The number of carbonyl (C=O) groups is 2. The Kier molecular flexibility index (Phi) is 11.1. The van der Waals surface area contributed by atoms with Crippen molar-refractivity contribution < 1.29 is 28.5 Å². The summed E-state index contributed by atoms with van der Waals surface area (Å²) in [7, 11) is 3.21. The predicted molar refractivity (Wildman–Crippen MR) is 206 cm³/mol. The highest BCUT2D eigenvalue weighted by molar-refractivity contribution is 6.42. The monoisotopic (exact) mass is 761 g/mol. The van der Waals surface area contributed by atoms with Gasteiger partial charge in [0.25, 0.3) is 0 Å². The van der Waals surface area contributed by atoms with Crippen LogP contribution in [0.5, 0.6) is 17.2 Å². The van der Waals surface area contributed by atoms with E-state index in [1.165, 1.54) is 7.11 Å². The van der Waals surface area contributed by atoms with E-state index in [4.69, 9.17) is 47.4 Å². The van der Waals surface area contributed by atoms with Crippen LogP contribution in [-0.4, -0.2) is 49.6 Å². The van der Waals surface area contributed by atoms with Gasteiger partial charge in [0.15, 0.2) is 17.6 Å². The number of nitriles is 1. The molecule has 3 atom stereocenters. The van der Waals surface area contributed by atoms with Crippen LogP contribution in [-0.2, 0) is 40.3 Å². The van der Waals surface area contributed by atoms with Crippen LogP contribution in [0.4, 0.5) is 0 Å². The number of nitrogens with one attached hydrogen (secondary N) is 1. The van der Waals surface area contributed by atoms with Gasteiger partial charge >= 0.3 is 5.97 Å². The molecule has 0 saturated carbocycles. The van der Waals surface area contributed by atoms with Crippen LogP contribution in [0.15, 0.2) is 103 Å². The van der Waals surface area contributed by atoms with Gasteiger partial charge in [-0.05, 0) is 101 Å². The van der Waals surface area contributed by atoms with Crippen molar-refractivity contribution >= 4 is 35.1 Å². The van der Waals surface area contributed by atoms with Gasteiger partial charge in [0, 0.05) is 13.0 Å². The molecule has 5 aromatic rings. The summed E-state index contributed by atoms with van der Waals surface area (Å²) < 4.78 is 23.6. The van der Waals surface area contributed by atoms with Gasteiger partial charge in [-0.1, -0.05) is 77.8 Å². The van der Waals surface area contributed by atoms with Crippen molar-refractivity contribution in [2.24, 2.45) is 0 Å². The van der Waals surface area contributed by atoms with E-state index in [9.17, 15) is 9.59 Å². The van der Waals surface area contributed by atoms with Crippen molar-refractivity contribution in [3.63, 3.8) is 0 Å². The minimum Gasteiger partial charge on any atom is -0.489 e. The first-order chi connectivity index (χ1) is 26.2. The zero-order chi connectivity index (χ0) is 37.8. The second kappa shape index (κ2) is 16.2. The van der Waals surface area contributed by atoms with Gasteiger partial charge in [-0.3, -0.25) is 9.69 Å². The fourth-order valence-electron chi connectivity index (χ4n) is 6.72. The number of halogens is 2. The second-order valence-electron chi connectivity index (χ2n) is 13.4. The van der Waals surface area contributed by atoms with Gasteiger partial charge < -0.3 is 24.3 Å². The van der Waals surface area contributed by atoms with Crippen LogP contribution in [0.1, 0.15) is 39.5 Å². The van der Waals surface area contributed by atoms with Crippen LogP contribution >= 0.6 is 23.2 Å². The summed E-state index contributed by atoms with van der Waals surface area (Å²) in [6.45, 7) is 1.20. The number of rotatable bonds is 10. The van der Waals surface area contributed by atoms with E-state index in [1.54, 1.807) is 24.3 Å². The summed E-state index contributed by atoms with van der Waals surface area (Å²) in [5.41, 5.74) is 7.33. The SMILES string of the molecule is COC(=O)[C@H](Cc1ccc(-c2ccc(C#N)cc2)cc1)NC(=O)C1Cc2cc3c(cc2CN1C)OC(c1ccc(OCc2ccc(Cl)c(Cl)c2)cc1)CO3. The Morgan fingerprint density at radius 2 is 1.57 bits per heavy atom. The van der Waals surface area contributed by atoms with Crippen molar-refractivity contribution in [2.75, 3.05) is 20.8 Å². The molecule has 9 nitrogen and oxygen atoms in total. The molecule has 0 aliphatic carbocycles. The summed E-state index contributed by atoms with van der Waals surface area (Å²) >= 11 is 12.1. The smallest absolute Gasteiger partial charge is 0.328 e. The molecule has 0 bridgehead atoms. The lowest BCUT2D eigenvalue weighted by Gasteiger charge is -2.35. The van der Waals surface area contributed by atoms with Crippen molar-refractivity contribution in [1.29, 1.82) is 5.26 Å². The molecule has 2 aliphatic heterocycles. The number of fused-ring (bicyclic) bond motifs is 2. The number of methoxy groups -OCH3 is 1. The lowest BCUT2D eigenvalue weighted by atomic mass is 9.92. The second-order valence-corrected chi connectivity index (χ2v) is 14.2. The number of hydrogen-bond donors (Lipinski definition) is 1. The summed E-state index contributed by atoms with van der Waals surface area (Å²) in [5, 5.41) is 13.0. The van der Waals surface area contributed by atoms with Gasteiger partial charge in [-0.15, -0.1) is 0 Å². The number of amides is 1. The zero-order valence-corrected chi connectivity index (χ0v) is 31.2. The van der Waals surface area contributed by atoms with E-state index in [-0.39, 0.29) is 18.4 Å². The third-order valence-electron chi connectivity index (χ3n) is 9.78. The van der Waals surface area contributed by atoms with Gasteiger partial charge in [-0.25, -0.2) is 4.79 Å². The number of esters is 1. The molecule has 274 valence electrons. The first-order valence-corrected chi connectivity index (χ1v) is 18.2. The molecular weight excluding hydrogens is 725 g/mol. The fraction of sp³-hybridized carbons (Fsp3) is 0.233. The molecule has 5 aromatic carbocycles. The van der Waals surface area contributed by atoms with E-state index in [1.807, 2.05) is 90.8 Å². The lowest BCUT2D eigenvalue weighted by Crippen LogP contribution is -2.53. The number of benzene rings is 5. The third-order valence-corrected chi connectivity index (χ3v) is 10.5. The quantitative estimate of drug-likeness (QED) is 0.143. The van der Waals surface area contributed by atoms with Crippen LogP contribution in [0, 0.1) is 11.3 Å². The average molecular weight is 763 g/mol. The topological polar surface area (TPSA) is 110 Å². The van der Waals surface area contributed by atoms with Crippen LogP contribution in [0.3, 0.4) is 0 Å². The van der Waals surface area contributed by atoms with Gasteiger partial charge in [0.2, 0.25) is 5.91 Å². The molecular formula is C43H37Cl2N3O6. The maximum absolute atomic E-state index is 13.7. The van der Waals surface area contributed by atoms with Crippen molar-refractivity contribution in [3.05, 3.63) is 147 Å². The normalized spacial score (nSPS) is 16.7. The molecule has 7 rings (SSSR count). The van der Waals surface area contributed by atoms with E-state index in [0.29, 0.717) is 59.0 Å². The molecule has 2 aliphatic rings. The molecule has 11 heteroatoms. The van der Waals surface area contributed by atoms with Crippen LogP contribution in [0.2, 0.25) is 10.0 Å². The van der Waals surface area contributed by atoms with Gasteiger partial charge in [-0.2, -0.15) is 5.26 Å². The predicted octanol–water partition coefficient (Wildman–Crippen LogP) is 7.88. The van der Waals surface area contributed by atoms with Crippen LogP contribution in [0.25, 0.3) is 11.1 Å². The Hall–Kier alpha value is -5.53. The Morgan fingerprint density at radius 3 is 2.26 bits per heavy atom. The Bertz CT molecular complexity index is 2200. The number of carbonyl (C=O) groups excluding carboxylic acids is 2. The van der Waals surface area contributed by atoms with E-state index < -0.39 is 18.1 Å². The summed E-state index contributed by atoms with van der Waals surface area (Å²) in [6.07, 6.45) is 0.407. The highest BCUT2D eigenvalue weighted by atomic mass is 35.5. The first kappa shape index (κ1) is 36.8. The number of likely N-dealkylation sites (N-methyl/N-ethyl adjacent to an activating group) is 1. The molecule has 0 spiro atoms. The molecule has 2 heterocycles. The Labute approximate surface area is 323 Å². The minimum atomic E-state index is -0.863. The largest absolute Gasteiger partial charge is 0.489 e. The minimum absolute atomic E-state index is 0.257. The van der Waals surface area contributed by atoms with Gasteiger partial charge in [0.1, 0.15) is 25.0 Å². The average Bonchev–Trinajstić information content (AvgIpc) is 3.20. The Balaban J connectivity index is 0.970. The molecule has 0 radical (unpaired) electrons. The molecule has 0 aromatic heterocycles. The van der Waals surface area contributed by atoms with Gasteiger partial charge in [0.05, 0.1) is 34.8 Å². The number of hydrogen-bond acceptors (Lipinski definition) is 8. The van der Waals surface area contributed by atoms with E-state index >= 15 is 0 Å². The maximum atomic E-state index is 13.7. The van der Waals surface area contributed by atoms with Crippen LogP contribution < -0.4 is 19.5 Å². The third kappa shape index (κ3) is 8.32. The highest BCUT2D eigenvalue weighted by Gasteiger charge is 2.34. The van der Waals surface area contributed by atoms with Crippen molar-refractivity contribution in [2.45, 2.75) is 44.2 Å². The standard InChI is InChI=1S/C43H37Cl2N3O6/c1-48-23-33-21-40-39(53-25-41(54-40)31-12-14-34(15-13-31)52-24-28-7-16-35(44)36(45)17-28)20-32(33)19-38(48)42(49)47-37(43(50)51-2)18-26-3-8-29(9-4-26)30-10-5-27(22-46)6-11-30/h3-17,20-21,37-38,41H,18-19,23-25H2,1-2H3,(H,47,49)/t37-,38?,41?/m0/s1. The lowest BCUT2D eigenvalue weighted by molar-refractivity contribution is -0.145. The Morgan fingerprint density at radius 1 is 0.889 bits per heavy atom. The van der Waals surface area contributed by atoms with E-state index in [0.717, 1.165) is 38.9 Å². The molecule has 0 saturated heterocycles. The molecule has 54 heavy (non-hydrogen) atoms. The van der Waals surface area contributed by atoms with Crippen molar-refractivity contribution in [3.8, 4) is 34.4 Å². The molecule has 1 N–H and O–H groups in total. The van der Waals surface area contributed by atoms with Crippen molar-refractivity contribution in [1.82, 2.24) is 10.2 Å². The summed E-state index contributed by atoms with van der Waals surface area (Å²) in [6, 6.07) is 33.0. The first-order valence-electron chi connectivity index (χ1n) is 17.5. The molecule has 0 fully saturated rings. The summed E-state index contributed by atoms with van der Waals surface area (Å²) in [4.78, 5) is 28.5. The zero-order valence-electron chi connectivity index (χ0n) is 29.7. The molecule has 2 unspecified atom stereocenters. The molecule has 1 amide bonds. The van der Waals surface area contributed by atoms with E-state index in [2.05, 4.69) is 11.4 Å². The summed E-state index contributed by atoms with van der Waals surface area (Å²) in [5.74, 6) is 1.22. The fourth-order valence-corrected chi connectivity index (χ4v) is 7.04. The number of ether oxygens (including phenoxy) is 4.